The summed E-state index contributed by atoms with van der Waals surface area (Å²) in [4.78, 5) is 42.2. The second-order valence-electron chi connectivity index (χ2n) is 8.19. The molecule has 170 valence electrons. The van der Waals surface area contributed by atoms with Gasteiger partial charge in [-0.15, -0.1) is 0 Å². The van der Waals surface area contributed by atoms with Crippen LogP contribution in [-0.4, -0.2) is 41.8 Å². The van der Waals surface area contributed by atoms with Crippen molar-refractivity contribution >= 4 is 34.2 Å². The lowest BCUT2D eigenvalue weighted by molar-refractivity contribution is -0.139. The van der Waals surface area contributed by atoms with E-state index in [0.717, 1.165) is 17.2 Å². The first-order valence-electron chi connectivity index (χ1n) is 11.1. The molecule has 0 aliphatic carbocycles. The number of amides is 3. The van der Waals surface area contributed by atoms with E-state index in [2.05, 4.69) is 5.32 Å². The van der Waals surface area contributed by atoms with Gasteiger partial charge in [0.25, 0.3) is 5.91 Å². The van der Waals surface area contributed by atoms with Crippen LogP contribution in [0.3, 0.4) is 0 Å². The van der Waals surface area contributed by atoms with Crippen LogP contribution < -0.4 is 10.2 Å². The Morgan fingerprint density at radius 1 is 1.06 bits per heavy atom. The normalized spacial score (nSPS) is 13.3. The molecule has 1 aliphatic heterocycles. The Morgan fingerprint density at radius 3 is 2.45 bits per heavy atom. The quantitative estimate of drug-likeness (QED) is 0.570. The number of carbonyl (C=O) groups is 3. The maximum absolute atomic E-state index is 13.5. The van der Waals surface area contributed by atoms with Gasteiger partial charge in [0.2, 0.25) is 11.8 Å². The highest BCUT2D eigenvalue weighted by Crippen LogP contribution is 2.37. The lowest BCUT2D eigenvalue weighted by Crippen LogP contribution is -2.51. The van der Waals surface area contributed by atoms with Crippen molar-refractivity contribution in [2.45, 2.75) is 32.9 Å². The minimum atomic E-state index is -0.759. The Bertz CT molecular complexity index is 1200. The second-order valence-corrected chi connectivity index (χ2v) is 8.19. The van der Waals surface area contributed by atoms with Crippen LogP contribution in [0.4, 0.5) is 10.1 Å². The number of rotatable bonds is 8. The summed E-state index contributed by atoms with van der Waals surface area (Å²) in [5.74, 6) is -1.25. The number of nitrogens with zero attached hydrogens (tertiary/aromatic N) is 2. The predicted molar refractivity (Wildman–Crippen MR) is 125 cm³/mol. The van der Waals surface area contributed by atoms with Crippen molar-refractivity contribution in [2.75, 3.05) is 18.0 Å². The third kappa shape index (κ3) is 4.44. The zero-order valence-corrected chi connectivity index (χ0v) is 18.7. The molecule has 1 aliphatic rings. The lowest BCUT2D eigenvalue weighted by Gasteiger charge is -2.30. The highest BCUT2D eigenvalue weighted by molar-refractivity contribution is 6.26. The van der Waals surface area contributed by atoms with Crippen LogP contribution in [0.2, 0.25) is 0 Å². The summed E-state index contributed by atoms with van der Waals surface area (Å²) in [5.41, 5.74) is 1.94. The first kappa shape index (κ1) is 22.5. The summed E-state index contributed by atoms with van der Waals surface area (Å²) < 4.78 is 13.4. The number of halogens is 1. The van der Waals surface area contributed by atoms with E-state index in [1.165, 1.54) is 21.9 Å². The molecule has 0 bridgehead atoms. The Balaban J connectivity index is 1.61. The molecule has 6 nitrogen and oxygen atoms in total. The molecule has 7 heteroatoms. The molecule has 3 aromatic rings. The van der Waals surface area contributed by atoms with Gasteiger partial charge in [0.05, 0.1) is 5.69 Å². The Kier molecular flexibility index (Phi) is 6.40. The Labute approximate surface area is 192 Å². The van der Waals surface area contributed by atoms with Crippen molar-refractivity contribution in [2.24, 2.45) is 0 Å². The largest absolute Gasteiger partial charge is 0.354 e. The van der Waals surface area contributed by atoms with Crippen molar-refractivity contribution in [3.63, 3.8) is 0 Å². The SMILES string of the molecule is CCCNC(=O)C(C)N(Cc1ccc(F)cc1)C(=O)CN1C(=O)c2cccc3cccc1c23. The molecule has 0 fully saturated rings. The molecule has 0 saturated carbocycles. The maximum atomic E-state index is 13.5. The van der Waals surface area contributed by atoms with Crippen LogP contribution in [0.25, 0.3) is 10.8 Å². The van der Waals surface area contributed by atoms with E-state index < -0.39 is 6.04 Å². The van der Waals surface area contributed by atoms with Crippen LogP contribution in [0.1, 0.15) is 36.2 Å². The number of hydrogen-bond acceptors (Lipinski definition) is 3. The van der Waals surface area contributed by atoms with Gasteiger partial charge >= 0.3 is 0 Å². The smallest absolute Gasteiger partial charge is 0.259 e. The molecule has 1 atom stereocenters. The standard InChI is InChI=1S/C26H26FN3O3/c1-3-14-28-25(32)17(2)29(15-18-10-12-20(27)13-11-18)23(31)16-30-22-9-5-7-19-6-4-8-21(24(19)22)26(30)33/h4-13,17H,3,14-16H2,1-2H3,(H,28,32). The fraction of sp³-hybridized carbons (Fsp3) is 0.269. The number of benzene rings is 3. The summed E-state index contributed by atoms with van der Waals surface area (Å²) in [6.07, 6.45) is 0.773. The summed E-state index contributed by atoms with van der Waals surface area (Å²) in [5, 5.41) is 4.59. The Hall–Kier alpha value is -3.74. The van der Waals surface area contributed by atoms with Gasteiger partial charge in [-0.25, -0.2) is 4.39 Å². The highest BCUT2D eigenvalue weighted by atomic mass is 19.1. The fourth-order valence-electron chi connectivity index (χ4n) is 4.13. The van der Waals surface area contributed by atoms with Gasteiger partial charge in [0.15, 0.2) is 0 Å². The van der Waals surface area contributed by atoms with Crippen LogP contribution in [0, 0.1) is 5.82 Å². The molecule has 4 rings (SSSR count). The molecular weight excluding hydrogens is 421 g/mol. The van der Waals surface area contributed by atoms with E-state index >= 15 is 0 Å². The van der Waals surface area contributed by atoms with E-state index in [1.54, 1.807) is 25.1 Å². The molecule has 1 N–H and O–H groups in total. The molecule has 0 aromatic heterocycles. The number of nitrogens with one attached hydrogen (secondary N) is 1. The molecule has 0 radical (unpaired) electrons. The number of anilines is 1. The molecule has 0 saturated heterocycles. The molecule has 1 unspecified atom stereocenters. The third-order valence-electron chi connectivity index (χ3n) is 5.93. The van der Waals surface area contributed by atoms with Crippen molar-refractivity contribution in [3.05, 3.63) is 77.6 Å². The van der Waals surface area contributed by atoms with Crippen LogP contribution in [0.5, 0.6) is 0 Å². The highest BCUT2D eigenvalue weighted by Gasteiger charge is 2.34. The van der Waals surface area contributed by atoms with Gasteiger partial charge in [-0.1, -0.05) is 43.3 Å². The van der Waals surface area contributed by atoms with Crippen LogP contribution in [-0.2, 0) is 16.1 Å². The topological polar surface area (TPSA) is 69.7 Å². The first-order chi connectivity index (χ1) is 15.9. The summed E-state index contributed by atoms with van der Waals surface area (Å²) in [6.45, 7) is 4.04. The van der Waals surface area contributed by atoms with Gasteiger partial charge < -0.3 is 10.2 Å². The van der Waals surface area contributed by atoms with Crippen molar-refractivity contribution in [1.82, 2.24) is 10.2 Å². The monoisotopic (exact) mass is 447 g/mol. The van der Waals surface area contributed by atoms with Crippen molar-refractivity contribution < 1.29 is 18.8 Å². The summed E-state index contributed by atoms with van der Waals surface area (Å²) in [7, 11) is 0. The fourth-order valence-corrected chi connectivity index (χ4v) is 4.13. The van der Waals surface area contributed by atoms with E-state index in [-0.39, 0.29) is 36.6 Å². The minimum absolute atomic E-state index is 0.124. The molecular formula is C26H26FN3O3. The number of carbonyl (C=O) groups excluding carboxylic acids is 3. The lowest BCUT2D eigenvalue weighted by atomic mass is 10.1. The minimum Gasteiger partial charge on any atom is -0.354 e. The van der Waals surface area contributed by atoms with Crippen molar-refractivity contribution in [3.8, 4) is 0 Å². The number of hydrogen-bond donors (Lipinski definition) is 1. The first-order valence-corrected chi connectivity index (χ1v) is 11.1. The van der Waals surface area contributed by atoms with Gasteiger partial charge in [-0.05, 0) is 48.6 Å². The maximum Gasteiger partial charge on any atom is 0.259 e. The van der Waals surface area contributed by atoms with Gasteiger partial charge in [0, 0.05) is 24.0 Å². The molecule has 1 heterocycles. The third-order valence-corrected chi connectivity index (χ3v) is 5.93. The zero-order valence-electron chi connectivity index (χ0n) is 18.7. The van der Waals surface area contributed by atoms with Gasteiger partial charge in [-0.2, -0.15) is 0 Å². The zero-order chi connectivity index (χ0) is 23.5. The average molecular weight is 448 g/mol. The molecule has 0 spiro atoms. The van der Waals surface area contributed by atoms with Crippen LogP contribution >= 0.6 is 0 Å². The predicted octanol–water partition coefficient (Wildman–Crippen LogP) is 3.88. The second kappa shape index (κ2) is 9.40. The van der Waals surface area contributed by atoms with Crippen LogP contribution in [0.15, 0.2) is 60.7 Å². The summed E-state index contributed by atoms with van der Waals surface area (Å²) in [6, 6.07) is 16.2. The Morgan fingerprint density at radius 2 is 1.76 bits per heavy atom. The van der Waals surface area contributed by atoms with Gasteiger partial charge in [0.1, 0.15) is 18.4 Å². The van der Waals surface area contributed by atoms with E-state index in [0.29, 0.717) is 23.4 Å². The molecule has 33 heavy (non-hydrogen) atoms. The van der Waals surface area contributed by atoms with E-state index in [1.807, 2.05) is 37.3 Å². The molecule has 3 aromatic carbocycles. The van der Waals surface area contributed by atoms with Gasteiger partial charge in [-0.3, -0.25) is 19.3 Å². The molecule has 3 amide bonds. The van der Waals surface area contributed by atoms with E-state index in [4.69, 9.17) is 0 Å². The van der Waals surface area contributed by atoms with E-state index in [9.17, 15) is 18.8 Å². The van der Waals surface area contributed by atoms with Crippen molar-refractivity contribution in [1.29, 1.82) is 0 Å². The summed E-state index contributed by atoms with van der Waals surface area (Å²) >= 11 is 0. The average Bonchev–Trinajstić information content (AvgIpc) is 3.09.